The lowest BCUT2D eigenvalue weighted by molar-refractivity contribution is -0.119. The van der Waals surface area contributed by atoms with Gasteiger partial charge in [-0.1, -0.05) is 6.07 Å². The fourth-order valence-corrected chi connectivity index (χ4v) is 2.39. The number of halogens is 2. The molecular formula is C17H18ClFN2O3. The Morgan fingerprint density at radius 3 is 2.54 bits per heavy atom. The van der Waals surface area contributed by atoms with E-state index in [1.54, 1.807) is 25.1 Å². The normalized spacial score (nSPS) is 13.1. The van der Waals surface area contributed by atoms with Crippen LogP contribution >= 0.6 is 12.4 Å². The van der Waals surface area contributed by atoms with E-state index in [2.05, 4.69) is 0 Å². The van der Waals surface area contributed by atoms with Crippen molar-refractivity contribution in [1.29, 1.82) is 0 Å². The zero-order chi connectivity index (χ0) is 16.4. The van der Waals surface area contributed by atoms with Gasteiger partial charge < -0.3 is 20.1 Å². The fourth-order valence-electron chi connectivity index (χ4n) is 2.39. The summed E-state index contributed by atoms with van der Waals surface area (Å²) >= 11 is 0. The number of amides is 1. The lowest BCUT2D eigenvalue weighted by atomic mass is 10.1. The summed E-state index contributed by atoms with van der Waals surface area (Å²) in [6.45, 7) is 2.13. The van der Waals surface area contributed by atoms with Crippen molar-refractivity contribution in [3.05, 3.63) is 53.8 Å². The molecule has 0 radical (unpaired) electrons. The number of ether oxygens (including phenoxy) is 2. The van der Waals surface area contributed by atoms with Crippen molar-refractivity contribution in [2.45, 2.75) is 19.5 Å². The van der Waals surface area contributed by atoms with Crippen molar-refractivity contribution in [3.8, 4) is 11.5 Å². The van der Waals surface area contributed by atoms with E-state index in [0.717, 1.165) is 5.56 Å². The Morgan fingerprint density at radius 2 is 1.88 bits per heavy atom. The van der Waals surface area contributed by atoms with Crippen molar-refractivity contribution < 1.29 is 18.7 Å². The van der Waals surface area contributed by atoms with Gasteiger partial charge in [0.1, 0.15) is 5.82 Å². The number of anilines is 1. The second-order valence-corrected chi connectivity index (χ2v) is 5.38. The Balaban J connectivity index is 0.00000208. The van der Waals surface area contributed by atoms with Gasteiger partial charge in [-0.05, 0) is 48.9 Å². The summed E-state index contributed by atoms with van der Waals surface area (Å²) in [5.74, 6) is 0.731. The van der Waals surface area contributed by atoms with Gasteiger partial charge in [-0.3, -0.25) is 4.79 Å². The minimum Gasteiger partial charge on any atom is -0.454 e. The molecule has 1 amide bonds. The van der Waals surface area contributed by atoms with E-state index in [1.807, 2.05) is 12.1 Å². The van der Waals surface area contributed by atoms with Gasteiger partial charge >= 0.3 is 0 Å². The maximum atomic E-state index is 13.1. The van der Waals surface area contributed by atoms with Gasteiger partial charge in [0.2, 0.25) is 12.7 Å². The minimum absolute atomic E-state index is 0. The average molecular weight is 353 g/mol. The summed E-state index contributed by atoms with van der Waals surface area (Å²) in [6, 6.07) is 10.6. The smallest absolute Gasteiger partial charge is 0.243 e. The van der Waals surface area contributed by atoms with E-state index in [-0.39, 0.29) is 30.9 Å². The molecule has 2 aromatic rings. The van der Waals surface area contributed by atoms with E-state index >= 15 is 0 Å². The maximum Gasteiger partial charge on any atom is 0.243 e. The van der Waals surface area contributed by atoms with E-state index in [9.17, 15) is 9.18 Å². The molecule has 0 aromatic heterocycles. The van der Waals surface area contributed by atoms with Crippen LogP contribution in [0.25, 0.3) is 0 Å². The van der Waals surface area contributed by atoms with Crippen LogP contribution in [-0.4, -0.2) is 18.7 Å². The highest BCUT2D eigenvalue weighted by Gasteiger charge is 2.21. The number of fused-ring (bicyclic) bond motifs is 1. The first-order valence-corrected chi connectivity index (χ1v) is 7.25. The molecule has 1 atom stereocenters. The Kier molecular flexibility index (Phi) is 5.64. The van der Waals surface area contributed by atoms with E-state index in [4.69, 9.17) is 15.2 Å². The predicted octanol–water partition coefficient (Wildman–Crippen LogP) is 2.86. The Hall–Kier alpha value is -2.31. The lowest BCUT2D eigenvalue weighted by Crippen LogP contribution is -2.41. The quantitative estimate of drug-likeness (QED) is 0.919. The second-order valence-electron chi connectivity index (χ2n) is 5.38. The van der Waals surface area contributed by atoms with Crippen LogP contribution in [0.1, 0.15) is 12.5 Å². The summed E-state index contributed by atoms with van der Waals surface area (Å²) in [4.78, 5) is 13.9. The van der Waals surface area contributed by atoms with E-state index in [1.165, 1.54) is 17.0 Å². The molecule has 0 bridgehead atoms. The van der Waals surface area contributed by atoms with Crippen molar-refractivity contribution >= 4 is 24.0 Å². The van der Waals surface area contributed by atoms with Crippen LogP contribution in [0.2, 0.25) is 0 Å². The van der Waals surface area contributed by atoms with Gasteiger partial charge in [-0.25, -0.2) is 4.39 Å². The molecular weight excluding hydrogens is 335 g/mol. The Bertz CT molecular complexity index is 722. The molecule has 24 heavy (non-hydrogen) atoms. The number of hydrogen-bond acceptors (Lipinski definition) is 4. The van der Waals surface area contributed by atoms with Crippen LogP contribution < -0.4 is 20.1 Å². The van der Waals surface area contributed by atoms with Crippen molar-refractivity contribution in [1.82, 2.24) is 0 Å². The molecule has 0 fully saturated rings. The monoisotopic (exact) mass is 352 g/mol. The highest BCUT2D eigenvalue weighted by Crippen LogP contribution is 2.33. The molecule has 0 saturated carbocycles. The second kappa shape index (κ2) is 7.51. The number of nitrogens with zero attached hydrogens (tertiary/aromatic N) is 1. The Morgan fingerprint density at radius 1 is 1.21 bits per heavy atom. The first kappa shape index (κ1) is 18.0. The minimum atomic E-state index is -0.658. The first-order valence-electron chi connectivity index (χ1n) is 7.25. The third kappa shape index (κ3) is 3.77. The van der Waals surface area contributed by atoms with Crippen LogP contribution in [0.4, 0.5) is 10.1 Å². The van der Waals surface area contributed by atoms with Gasteiger partial charge in [0.15, 0.2) is 11.5 Å². The number of nitrogens with two attached hydrogens (primary N) is 1. The van der Waals surface area contributed by atoms with Gasteiger partial charge in [-0.15, -0.1) is 12.4 Å². The molecule has 2 aromatic carbocycles. The van der Waals surface area contributed by atoms with Crippen molar-refractivity contribution in [2.24, 2.45) is 5.73 Å². The summed E-state index contributed by atoms with van der Waals surface area (Å²) in [6.07, 6.45) is 0. The molecule has 0 unspecified atom stereocenters. The standard InChI is InChI=1S/C17H17FN2O3.ClH/c1-11(19)17(21)20(14-5-3-13(18)4-6-14)9-12-2-7-15-16(8-12)23-10-22-15;/h2-8,11H,9-10,19H2,1H3;1H/t11-;/m0./s1. The number of benzene rings is 2. The fraction of sp³-hybridized carbons (Fsp3) is 0.235. The van der Waals surface area contributed by atoms with E-state index < -0.39 is 6.04 Å². The van der Waals surface area contributed by atoms with Gasteiger partial charge in [0, 0.05) is 5.69 Å². The van der Waals surface area contributed by atoms with Crippen LogP contribution in [0, 0.1) is 5.82 Å². The molecule has 128 valence electrons. The molecule has 1 heterocycles. The van der Waals surface area contributed by atoms with Gasteiger partial charge in [0.25, 0.3) is 0 Å². The summed E-state index contributed by atoms with van der Waals surface area (Å²) in [5, 5.41) is 0. The third-order valence-electron chi connectivity index (χ3n) is 3.57. The third-order valence-corrected chi connectivity index (χ3v) is 3.57. The first-order chi connectivity index (χ1) is 11.0. The highest BCUT2D eigenvalue weighted by atomic mass is 35.5. The number of carbonyl (C=O) groups excluding carboxylic acids is 1. The molecule has 0 spiro atoms. The highest BCUT2D eigenvalue weighted by molar-refractivity contribution is 5.96. The Labute approximate surface area is 145 Å². The molecule has 1 aliphatic rings. The van der Waals surface area contributed by atoms with Crippen LogP contribution in [0.15, 0.2) is 42.5 Å². The summed E-state index contributed by atoms with van der Waals surface area (Å²) in [7, 11) is 0. The molecule has 2 N–H and O–H groups in total. The van der Waals surface area contributed by atoms with Crippen molar-refractivity contribution in [3.63, 3.8) is 0 Å². The largest absolute Gasteiger partial charge is 0.454 e. The number of hydrogen-bond donors (Lipinski definition) is 1. The van der Waals surface area contributed by atoms with Gasteiger partial charge in [0.05, 0.1) is 12.6 Å². The molecule has 5 nitrogen and oxygen atoms in total. The van der Waals surface area contributed by atoms with Crippen molar-refractivity contribution in [2.75, 3.05) is 11.7 Å². The zero-order valence-corrected chi connectivity index (χ0v) is 13.9. The molecule has 7 heteroatoms. The van der Waals surface area contributed by atoms with Crippen LogP contribution in [0.3, 0.4) is 0 Å². The molecule has 0 aliphatic carbocycles. The van der Waals surface area contributed by atoms with Gasteiger partial charge in [-0.2, -0.15) is 0 Å². The lowest BCUT2D eigenvalue weighted by Gasteiger charge is -2.25. The average Bonchev–Trinajstić information content (AvgIpc) is 3.00. The number of rotatable bonds is 4. The zero-order valence-electron chi connectivity index (χ0n) is 13.1. The van der Waals surface area contributed by atoms with Crippen LogP contribution in [0.5, 0.6) is 11.5 Å². The summed E-state index contributed by atoms with van der Waals surface area (Å²) < 4.78 is 23.8. The van der Waals surface area contributed by atoms with Crippen LogP contribution in [-0.2, 0) is 11.3 Å². The number of carbonyl (C=O) groups is 1. The maximum absolute atomic E-state index is 13.1. The molecule has 3 rings (SSSR count). The molecule has 0 saturated heterocycles. The molecule has 1 aliphatic heterocycles. The topological polar surface area (TPSA) is 64.8 Å². The van der Waals surface area contributed by atoms with E-state index in [0.29, 0.717) is 23.7 Å². The summed E-state index contributed by atoms with van der Waals surface area (Å²) in [5.41, 5.74) is 7.20. The predicted molar refractivity (Wildman–Crippen MR) is 91.1 cm³/mol. The SMILES string of the molecule is C[C@H](N)C(=O)N(Cc1ccc2c(c1)OCO2)c1ccc(F)cc1.Cl.